The minimum absolute atomic E-state index is 0.556. The van der Waals surface area contributed by atoms with Gasteiger partial charge in [-0.05, 0) is 38.5 Å². The molecule has 2 heteroatoms. The van der Waals surface area contributed by atoms with Crippen LogP contribution in [0, 0.1) is 0 Å². The third-order valence-corrected chi connectivity index (χ3v) is 3.02. The third-order valence-electron chi connectivity index (χ3n) is 3.02. The second-order valence-corrected chi connectivity index (χ2v) is 4.34. The SMILES string of the molecule is C[C@H](Cn1ccc2ccccc21)N(C)C. The van der Waals surface area contributed by atoms with E-state index in [-0.39, 0.29) is 0 Å². The van der Waals surface area contributed by atoms with Crippen molar-refractivity contribution in [3.63, 3.8) is 0 Å². The number of benzene rings is 1. The topological polar surface area (TPSA) is 8.17 Å². The van der Waals surface area contributed by atoms with Crippen molar-refractivity contribution in [2.75, 3.05) is 14.1 Å². The zero-order valence-corrected chi connectivity index (χ0v) is 9.64. The van der Waals surface area contributed by atoms with Crippen LogP contribution in [-0.4, -0.2) is 29.6 Å². The minimum atomic E-state index is 0.556. The molecule has 2 aromatic rings. The lowest BCUT2D eigenvalue weighted by Crippen LogP contribution is -2.28. The highest BCUT2D eigenvalue weighted by atomic mass is 15.1. The van der Waals surface area contributed by atoms with E-state index in [9.17, 15) is 0 Å². The molecular weight excluding hydrogens is 184 g/mol. The number of nitrogens with zero attached hydrogens (tertiary/aromatic N) is 2. The Morgan fingerprint density at radius 2 is 1.93 bits per heavy atom. The Labute approximate surface area is 91.1 Å². The summed E-state index contributed by atoms with van der Waals surface area (Å²) in [7, 11) is 4.24. The first kappa shape index (κ1) is 10.2. The van der Waals surface area contributed by atoms with Gasteiger partial charge in [-0.3, -0.25) is 0 Å². The van der Waals surface area contributed by atoms with Crippen molar-refractivity contribution < 1.29 is 0 Å². The van der Waals surface area contributed by atoms with Gasteiger partial charge in [-0.2, -0.15) is 0 Å². The highest BCUT2D eigenvalue weighted by Crippen LogP contribution is 2.15. The molecule has 0 saturated heterocycles. The van der Waals surface area contributed by atoms with Gasteiger partial charge in [-0.1, -0.05) is 18.2 Å². The van der Waals surface area contributed by atoms with Gasteiger partial charge in [0, 0.05) is 24.3 Å². The molecule has 0 aliphatic rings. The molecular formula is C13H18N2. The van der Waals surface area contributed by atoms with Crippen LogP contribution in [0.3, 0.4) is 0 Å². The standard InChI is InChI=1S/C13H18N2/c1-11(14(2)3)10-15-9-8-12-6-4-5-7-13(12)15/h4-9,11H,10H2,1-3H3/t11-/m1/s1. The van der Waals surface area contributed by atoms with Crippen molar-refractivity contribution in [1.29, 1.82) is 0 Å². The van der Waals surface area contributed by atoms with Crippen LogP contribution in [0.1, 0.15) is 6.92 Å². The number of aromatic nitrogens is 1. The van der Waals surface area contributed by atoms with Crippen LogP contribution in [-0.2, 0) is 6.54 Å². The lowest BCUT2D eigenvalue weighted by molar-refractivity contribution is 0.286. The van der Waals surface area contributed by atoms with Crippen molar-refractivity contribution in [3.8, 4) is 0 Å². The van der Waals surface area contributed by atoms with Gasteiger partial charge in [0.15, 0.2) is 0 Å². The molecule has 1 aromatic heterocycles. The van der Waals surface area contributed by atoms with E-state index in [0.717, 1.165) is 6.54 Å². The van der Waals surface area contributed by atoms with E-state index >= 15 is 0 Å². The van der Waals surface area contributed by atoms with Crippen LogP contribution >= 0.6 is 0 Å². The minimum Gasteiger partial charge on any atom is -0.346 e. The molecule has 15 heavy (non-hydrogen) atoms. The maximum absolute atomic E-state index is 2.32. The first-order valence-electron chi connectivity index (χ1n) is 5.39. The average molecular weight is 202 g/mol. The molecule has 0 amide bonds. The van der Waals surface area contributed by atoms with Gasteiger partial charge in [0.05, 0.1) is 0 Å². The number of rotatable bonds is 3. The predicted octanol–water partition coefficient (Wildman–Crippen LogP) is 2.59. The van der Waals surface area contributed by atoms with Crippen molar-refractivity contribution >= 4 is 10.9 Å². The number of likely N-dealkylation sites (N-methyl/N-ethyl adjacent to an activating group) is 1. The molecule has 0 N–H and O–H groups in total. The van der Waals surface area contributed by atoms with Crippen LogP contribution < -0.4 is 0 Å². The lowest BCUT2D eigenvalue weighted by Gasteiger charge is -2.20. The summed E-state index contributed by atoms with van der Waals surface area (Å²) in [4.78, 5) is 2.24. The molecule has 80 valence electrons. The third kappa shape index (κ3) is 2.05. The maximum atomic E-state index is 2.32. The van der Waals surface area contributed by atoms with E-state index < -0.39 is 0 Å². The Morgan fingerprint density at radius 3 is 2.67 bits per heavy atom. The first-order chi connectivity index (χ1) is 7.18. The molecule has 0 spiro atoms. The fraction of sp³-hybridized carbons (Fsp3) is 0.385. The van der Waals surface area contributed by atoms with E-state index in [1.165, 1.54) is 10.9 Å². The summed E-state index contributed by atoms with van der Waals surface area (Å²) < 4.78 is 2.32. The fourth-order valence-corrected chi connectivity index (χ4v) is 1.75. The number of hydrogen-bond acceptors (Lipinski definition) is 1. The molecule has 0 saturated carbocycles. The van der Waals surface area contributed by atoms with Gasteiger partial charge in [0.25, 0.3) is 0 Å². The van der Waals surface area contributed by atoms with Gasteiger partial charge in [-0.15, -0.1) is 0 Å². The molecule has 0 aliphatic heterocycles. The van der Waals surface area contributed by atoms with Gasteiger partial charge in [0.2, 0.25) is 0 Å². The van der Waals surface area contributed by atoms with Gasteiger partial charge < -0.3 is 9.47 Å². The fourth-order valence-electron chi connectivity index (χ4n) is 1.75. The second-order valence-electron chi connectivity index (χ2n) is 4.34. The molecule has 2 rings (SSSR count). The van der Waals surface area contributed by atoms with Crippen molar-refractivity contribution in [3.05, 3.63) is 36.5 Å². The van der Waals surface area contributed by atoms with E-state index in [2.05, 4.69) is 67.0 Å². The summed E-state index contributed by atoms with van der Waals surface area (Å²) in [5, 5.41) is 1.32. The molecule has 0 aliphatic carbocycles. The highest BCUT2D eigenvalue weighted by molar-refractivity contribution is 5.79. The Bertz CT molecular complexity index is 442. The second kappa shape index (κ2) is 4.07. The van der Waals surface area contributed by atoms with Crippen LogP contribution in [0.25, 0.3) is 10.9 Å². The van der Waals surface area contributed by atoms with Gasteiger partial charge in [-0.25, -0.2) is 0 Å². The lowest BCUT2D eigenvalue weighted by atomic mass is 10.2. The average Bonchev–Trinajstić information content (AvgIpc) is 2.62. The highest BCUT2D eigenvalue weighted by Gasteiger charge is 2.06. The van der Waals surface area contributed by atoms with E-state index in [1.54, 1.807) is 0 Å². The van der Waals surface area contributed by atoms with Crippen LogP contribution in [0.5, 0.6) is 0 Å². The van der Waals surface area contributed by atoms with E-state index in [4.69, 9.17) is 0 Å². The summed E-state index contributed by atoms with van der Waals surface area (Å²) in [6.07, 6.45) is 2.17. The van der Waals surface area contributed by atoms with Crippen LogP contribution in [0.15, 0.2) is 36.5 Å². The number of fused-ring (bicyclic) bond motifs is 1. The molecule has 0 unspecified atom stereocenters. The summed E-state index contributed by atoms with van der Waals surface area (Å²) in [5.74, 6) is 0. The largest absolute Gasteiger partial charge is 0.346 e. The first-order valence-corrected chi connectivity index (χ1v) is 5.39. The number of para-hydroxylation sites is 1. The summed E-state index contributed by atoms with van der Waals surface area (Å²) >= 11 is 0. The molecule has 2 nitrogen and oxygen atoms in total. The molecule has 0 radical (unpaired) electrons. The zero-order chi connectivity index (χ0) is 10.8. The molecule has 1 aromatic carbocycles. The Hall–Kier alpha value is -1.28. The molecule has 0 bridgehead atoms. The predicted molar refractivity (Wildman–Crippen MR) is 65.1 cm³/mol. The van der Waals surface area contributed by atoms with Crippen molar-refractivity contribution in [2.24, 2.45) is 0 Å². The Balaban J connectivity index is 2.29. The van der Waals surface area contributed by atoms with Gasteiger partial charge >= 0.3 is 0 Å². The normalized spacial score (nSPS) is 13.6. The smallest absolute Gasteiger partial charge is 0.0480 e. The van der Waals surface area contributed by atoms with E-state index in [1.807, 2.05) is 0 Å². The summed E-state index contributed by atoms with van der Waals surface area (Å²) in [5.41, 5.74) is 1.33. The monoisotopic (exact) mass is 202 g/mol. The van der Waals surface area contributed by atoms with Gasteiger partial charge in [0.1, 0.15) is 0 Å². The zero-order valence-electron chi connectivity index (χ0n) is 9.64. The van der Waals surface area contributed by atoms with Crippen LogP contribution in [0.4, 0.5) is 0 Å². The molecule has 1 heterocycles. The van der Waals surface area contributed by atoms with Crippen molar-refractivity contribution in [1.82, 2.24) is 9.47 Å². The maximum Gasteiger partial charge on any atom is 0.0480 e. The summed E-state index contributed by atoms with van der Waals surface area (Å²) in [6.45, 7) is 3.29. The molecule has 0 fully saturated rings. The number of hydrogen-bond donors (Lipinski definition) is 0. The van der Waals surface area contributed by atoms with Crippen LogP contribution in [0.2, 0.25) is 0 Å². The molecule has 1 atom stereocenters. The Kier molecular flexibility index (Phi) is 2.78. The summed E-state index contributed by atoms with van der Waals surface area (Å²) in [6, 6.07) is 11.3. The van der Waals surface area contributed by atoms with E-state index in [0.29, 0.717) is 6.04 Å². The quantitative estimate of drug-likeness (QED) is 0.742. The Morgan fingerprint density at radius 1 is 1.20 bits per heavy atom. The van der Waals surface area contributed by atoms with Crippen molar-refractivity contribution in [2.45, 2.75) is 19.5 Å².